The zero-order chi connectivity index (χ0) is 19.2. The molecule has 0 amide bonds. The van der Waals surface area contributed by atoms with Crippen molar-refractivity contribution >= 4 is 22.5 Å². The van der Waals surface area contributed by atoms with E-state index >= 15 is 0 Å². The van der Waals surface area contributed by atoms with Crippen LogP contribution in [0.3, 0.4) is 0 Å². The fourth-order valence-corrected chi connectivity index (χ4v) is 3.15. The Morgan fingerprint density at radius 1 is 0.964 bits per heavy atom. The Morgan fingerprint density at radius 2 is 1.75 bits per heavy atom. The largest absolute Gasteiger partial charge is 0.497 e. The van der Waals surface area contributed by atoms with E-state index in [-0.39, 0.29) is 0 Å². The Bertz CT molecular complexity index is 1040. The van der Waals surface area contributed by atoms with Crippen LogP contribution in [0.2, 0.25) is 0 Å². The molecule has 6 nitrogen and oxygen atoms in total. The highest BCUT2D eigenvalue weighted by Gasteiger charge is 2.04. The highest BCUT2D eigenvalue weighted by molar-refractivity contribution is 5.83. The molecule has 0 unspecified atom stereocenters. The maximum absolute atomic E-state index is 5.18. The van der Waals surface area contributed by atoms with Crippen LogP contribution in [-0.2, 0) is 13.0 Å². The van der Waals surface area contributed by atoms with Gasteiger partial charge in [-0.3, -0.25) is 0 Å². The first-order chi connectivity index (χ1) is 13.8. The lowest BCUT2D eigenvalue weighted by Gasteiger charge is -2.09. The normalized spacial score (nSPS) is 10.8. The zero-order valence-electron chi connectivity index (χ0n) is 15.8. The summed E-state index contributed by atoms with van der Waals surface area (Å²) in [5, 5.41) is 7.98. The van der Waals surface area contributed by atoms with Gasteiger partial charge in [-0.25, -0.2) is 9.97 Å². The van der Waals surface area contributed by atoms with Gasteiger partial charge in [-0.15, -0.1) is 0 Å². The molecule has 0 radical (unpaired) electrons. The van der Waals surface area contributed by atoms with Gasteiger partial charge in [0.05, 0.1) is 7.11 Å². The number of hydrogen-bond acceptors (Lipinski definition) is 5. The summed E-state index contributed by atoms with van der Waals surface area (Å²) in [5.41, 5.74) is 3.63. The lowest BCUT2D eigenvalue weighted by Crippen LogP contribution is -2.08. The monoisotopic (exact) mass is 373 g/mol. The van der Waals surface area contributed by atoms with Gasteiger partial charge >= 0.3 is 0 Å². The summed E-state index contributed by atoms with van der Waals surface area (Å²) >= 11 is 0. The Labute approximate surface area is 164 Å². The zero-order valence-corrected chi connectivity index (χ0v) is 15.8. The number of anilines is 2. The van der Waals surface area contributed by atoms with Crippen LogP contribution >= 0.6 is 0 Å². The molecule has 4 aromatic rings. The number of aromatic nitrogens is 3. The van der Waals surface area contributed by atoms with Crippen LogP contribution < -0.4 is 15.4 Å². The molecule has 0 aliphatic heterocycles. The third-order valence-electron chi connectivity index (χ3n) is 4.68. The molecule has 4 rings (SSSR count). The number of fused-ring (bicyclic) bond motifs is 1. The van der Waals surface area contributed by atoms with Crippen LogP contribution in [-0.4, -0.2) is 28.6 Å². The lowest BCUT2D eigenvalue weighted by atomic mass is 10.1. The molecule has 2 aromatic heterocycles. The molecule has 0 aliphatic rings. The first-order valence-electron chi connectivity index (χ1n) is 9.29. The number of para-hydroxylation sites is 1. The van der Waals surface area contributed by atoms with Crippen molar-refractivity contribution in [3.63, 3.8) is 0 Å². The summed E-state index contributed by atoms with van der Waals surface area (Å²) in [4.78, 5) is 11.9. The second-order valence-corrected chi connectivity index (χ2v) is 6.53. The number of H-pyrrole nitrogens is 1. The Balaban J connectivity index is 1.31. The van der Waals surface area contributed by atoms with Gasteiger partial charge in [0.2, 0.25) is 0 Å². The topological polar surface area (TPSA) is 74.9 Å². The molecule has 0 atom stereocenters. The lowest BCUT2D eigenvalue weighted by molar-refractivity contribution is 0.414. The number of nitrogens with one attached hydrogen (secondary N) is 3. The van der Waals surface area contributed by atoms with E-state index in [0.29, 0.717) is 6.54 Å². The molecule has 0 bridgehead atoms. The van der Waals surface area contributed by atoms with Crippen molar-refractivity contribution in [3.8, 4) is 5.75 Å². The average Bonchev–Trinajstić information content (AvgIpc) is 3.16. The molecule has 6 heteroatoms. The van der Waals surface area contributed by atoms with Gasteiger partial charge in [-0.1, -0.05) is 30.3 Å². The number of aromatic amines is 1. The van der Waals surface area contributed by atoms with E-state index in [1.165, 1.54) is 16.5 Å². The summed E-state index contributed by atoms with van der Waals surface area (Å²) in [6.45, 7) is 1.49. The van der Waals surface area contributed by atoms with Gasteiger partial charge in [-0.2, -0.15) is 0 Å². The van der Waals surface area contributed by atoms with E-state index in [1.54, 1.807) is 13.4 Å². The van der Waals surface area contributed by atoms with Gasteiger partial charge < -0.3 is 20.4 Å². The number of methoxy groups -OCH3 is 1. The van der Waals surface area contributed by atoms with Crippen LogP contribution in [0.15, 0.2) is 67.1 Å². The van der Waals surface area contributed by atoms with Crippen molar-refractivity contribution in [1.29, 1.82) is 0 Å². The molecule has 3 N–H and O–H groups in total. The third-order valence-corrected chi connectivity index (χ3v) is 4.68. The van der Waals surface area contributed by atoms with Gasteiger partial charge in [0.25, 0.3) is 0 Å². The van der Waals surface area contributed by atoms with Crippen LogP contribution in [0.5, 0.6) is 5.75 Å². The molecule has 0 aliphatic carbocycles. The second kappa shape index (κ2) is 8.43. The summed E-state index contributed by atoms with van der Waals surface area (Å²) in [6.07, 6.45) is 4.57. The maximum Gasteiger partial charge on any atom is 0.131 e. The Kier molecular flexibility index (Phi) is 5.38. The van der Waals surface area contributed by atoms with Gasteiger partial charge in [-0.05, 0) is 35.7 Å². The minimum Gasteiger partial charge on any atom is -0.497 e. The number of rotatable bonds is 8. The summed E-state index contributed by atoms with van der Waals surface area (Å²) in [6, 6.07) is 18.3. The smallest absolute Gasteiger partial charge is 0.131 e. The summed E-state index contributed by atoms with van der Waals surface area (Å²) < 4.78 is 5.18. The molecular formula is C22H23N5O. The molecule has 2 aromatic carbocycles. The van der Waals surface area contributed by atoms with Gasteiger partial charge in [0, 0.05) is 36.3 Å². The van der Waals surface area contributed by atoms with Crippen molar-refractivity contribution in [2.24, 2.45) is 0 Å². The quantitative estimate of drug-likeness (QED) is 0.431. The fourth-order valence-electron chi connectivity index (χ4n) is 3.15. The number of ether oxygens (including phenoxy) is 1. The minimum absolute atomic E-state index is 0.690. The molecule has 28 heavy (non-hydrogen) atoms. The Morgan fingerprint density at radius 3 is 2.57 bits per heavy atom. The van der Waals surface area contributed by atoms with E-state index in [0.717, 1.165) is 35.9 Å². The van der Waals surface area contributed by atoms with E-state index in [2.05, 4.69) is 50.0 Å². The molecule has 0 fully saturated rings. The van der Waals surface area contributed by atoms with Crippen molar-refractivity contribution in [3.05, 3.63) is 78.2 Å². The molecular weight excluding hydrogens is 350 g/mol. The fraction of sp³-hybridized carbons (Fsp3) is 0.182. The van der Waals surface area contributed by atoms with Crippen molar-refractivity contribution < 1.29 is 4.74 Å². The molecule has 2 heterocycles. The molecule has 142 valence electrons. The molecule has 0 saturated carbocycles. The van der Waals surface area contributed by atoms with Gasteiger partial charge in [0.15, 0.2) is 0 Å². The third kappa shape index (κ3) is 4.23. The summed E-state index contributed by atoms with van der Waals surface area (Å²) in [5.74, 6) is 2.46. The van der Waals surface area contributed by atoms with Crippen LogP contribution in [0.1, 0.15) is 11.1 Å². The predicted molar refractivity (Wildman–Crippen MR) is 113 cm³/mol. The highest BCUT2D eigenvalue weighted by atomic mass is 16.5. The van der Waals surface area contributed by atoms with Crippen molar-refractivity contribution in [1.82, 2.24) is 15.0 Å². The van der Waals surface area contributed by atoms with Crippen molar-refractivity contribution in [2.45, 2.75) is 13.0 Å². The van der Waals surface area contributed by atoms with E-state index in [9.17, 15) is 0 Å². The van der Waals surface area contributed by atoms with E-state index < -0.39 is 0 Å². The first-order valence-corrected chi connectivity index (χ1v) is 9.29. The first kappa shape index (κ1) is 17.9. The minimum atomic E-state index is 0.690. The Hall–Kier alpha value is -3.54. The van der Waals surface area contributed by atoms with E-state index in [1.807, 2.05) is 36.4 Å². The predicted octanol–water partition coefficient (Wildman–Crippen LogP) is 4.23. The SMILES string of the molecule is COc1ccc(CNc2cc(NCCc3c[nH]c4ccccc34)ncn2)cc1. The summed E-state index contributed by atoms with van der Waals surface area (Å²) in [7, 11) is 1.67. The number of nitrogens with zero attached hydrogens (tertiary/aromatic N) is 2. The number of hydrogen-bond donors (Lipinski definition) is 3. The van der Waals surface area contributed by atoms with Crippen LogP contribution in [0.25, 0.3) is 10.9 Å². The van der Waals surface area contributed by atoms with Gasteiger partial charge in [0.1, 0.15) is 23.7 Å². The maximum atomic E-state index is 5.18. The molecule has 0 saturated heterocycles. The van der Waals surface area contributed by atoms with Crippen LogP contribution in [0, 0.1) is 0 Å². The average molecular weight is 373 g/mol. The number of benzene rings is 2. The standard InChI is InChI=1S/C22H23N5O/c1-28-18-8-6-16(7-9-18)13-25-22-12-21(26-15-27-22)23-11-10-17-14-24-20-5-3-2-4-19(17)20/h2-9,12,14-15,24H,10-11,13H2,1H3,(H2,23,25,26,27). The van der Waals surface area contributed by atoms with Crippen LogP contribution in [0.4, 0.5) is 11.6 Å². The van der Waals surface area contributed by atoms with E-state index in [4.69, 9.17) is 4.74 Å². The highest BCUT2D eigenvalue weighted by Crippen LogP contribution is 2.18. The van der Waals surface area contributed by atoms with Crippen molar-refractivity contribution in [2.75, 3.05) is 24.3 Å². The molecule has 0 spiro atoms. The second-order valence-electron chi connectivity index (χ2n) is 6.53.